The minimum Gasteiger partial charge on any atom is -0.492 e. The third-order valence-corrected chi connectivity index (χ3v) is 3.85. The van der Waals surface area contributed by atoms with E-state index in [0.29, 0.717) is 24.9 Å². The molecule has 1 fully saturated rings. The molecule has 116 valence electrons. The molecule has 1 N–H and O–H groups in total. The topological polar surface area (TPSA) is 67.6 Å². The van der Waals surface area contributed by atoms with Gasteiger partial charge in [0.25, 0.3) is 5.69 Å². The van der Waals surface area contributed by atoms with Gasteiger partial charge in [-0.3, -0.25) is 10.1 Å². The molecule has 6 nitrogen and oxygen atoms in total. The lowest BCUT2D eigenvalue weighted by molar-refractivity contribution is -0.384. The van der Waals surface area contributed by atoms with Crippen molar-refractivity contribution in [1.82, 2.24) is 4.90 Å². The van der Waals surface area contributed by atoms with Crippen molar-refractivity contribution in [2.24, 2.45) is 0 Å². The van der Waals surface area contributed by atoms with Crippen LogP contribution in [0.5, 0.6) is 5.75 Å². The lowest BCUT2D eigenvalue weighted by atomic mass is 10.0. The first-order valence-corrected chi connectivity index (χ1v) is 7.46. The van der Waals surface area contributed by atoms with Gasteiger partial charge in [0.2, 0.25) is 0 Å². The Morgan fingerprint density at radius 3 is 2.90 bits per heavy atom. The smallest absolute Gasteiger partial charge is 0.275 e. The van der Waals surface area contributed by atoms with Crippen LogP contribution < -0.4 is 10.1 Å². The maximum absolute atomic E-state index is 11.0. The van der Waals surface area contributed by atoms with Gasteiger partial charge in [-0.15, -0.1) is 0 Å². The number of benzene rings is 1. The van der Waals surface area contributed by atoms with Gasteiger partial charge in [-0.2, -0.15) is 0 Å². The highest BCUT2D eigenvalue weighted by atomic mass is 16.6. The lowest BCUT2D eigenvalue weighted by Gasteiger charge is -2.32. The second-order valence-electron chi connectivity index (χ2n) is 5.44. The summed E-state index contributed by atoms with van der Waals surface area (Å²) in [6.45, 7) is 4.33. The van der Waals surface area contributed by atoms with Crippen molar-refractivity contribution in [2.75, 3.05) is 32.1 Å². The summed E-state index contributed by atoms with van der Waals surface area (Å²) in [6.07, 6.45) is 3.57. The second kappa shape index (κ2) is 7.26. The third kappa shape index (κ3) is 4.32. The van der Waals surface area contributed by atoms with Crippen molar-refractivity contribution in [3.8, 4) is 5.75 Å². The number of nitro benzene ring substituents is 1. The van der Waals surface area contributed by atoms with Crippen LogP contribution in [0.25, 0.3) is 0 Å². The zero-order valence-corrected chi connectivity index (χ0v) is 12.7. The number of nitro groups is 1. The second-order valence-corrected chi connectivity index (χ2v) is 5.44. The highest BCUT2D eigenvalue weighted by Gasteiger charge is 2.20. The molecule has 1 atom stereocenters. The van der Waals surface area contributed by atoms with E-state index in [1.165, 1.54) is 25.0 Å². The molecule has 1 aromatic rings. The van der Waals surface area contributed by atoms with Crippen molar-refractivity contribution in [1.29, 1.82) is 0 Å². The molecule has 1 aliphatic heterocycles. The lowest BCUT2D eigenvalue weighted by Crippen LogP contribution is -2.40. The van der Waals surface area contributed by atoms with E-state index in [9.17, 15) is 10.1 Å². The summed E-state index contributed by atoms with van der Waals surface area (Å²) in [4.78, 5) is 12.9. The van der Waals surface area contributed by atoms with Crippen LogP contribution in [0, 0.1) is 10.1 Å². The van der Waals surface area contributed by atoms with Gasteiger partial charge in [0.05, 0.1) is 11.0 Å². The summed E-state index contributed by atoms with van der Waals surface area (Å²) in [5, 5.41) is 14.1. The van der Waals surface area contributed by atoms with Gasteiger partial charge in [0, 0.05) is 30.4 Å². The summed E-state index contributed by atoms with van der Waals surface area (Å²) in [6, 6.07) is 5.23. The Hall–Kier alpha value is -1.82. The molecule has 0 aliphatic carbocycles. The van der Waals surface area contributed by atoms with E-state index in [-0.39, 0.29) is 10.6 Å². The average molecular weight is 293 g/mol. The average Bonchev–Trinajstić information content (AvgIpc) is 2.46. The minimum atomic E-state index is -0.388. The zero-order chi connectivity index (χ0) is 15.2. The molecular formula is C15H23N3O3. The number of nitrogens with one attached hydrogen (secondary N) is 1. The molecule has 1 saturated heterocycles. The predicted molar refractivity (Wildman–Crippen MR) is 83.0 cm³/mol. The molecule has 1 unspecified atom stereocenters. The number of piperidine rings is 1. The van der Waals surface area contributed by atoms with E-state index in [1.54, 1.807) is 0 Å². The standard InChI is InChI=1S/C15H23N3O3/c1-3-16-12-8-14(18(19)20)10-15(9-12)21-11-13-6-4-5-7-17(13)2/h8-10,13,16H,3-7,11H2,1-2H3. The molecule has 1 aromatic carbocycles. The molecular weight excluding hydrogens is 270 g/mol. The monoisotopic (exact) mass is 293 g/mol. The third-order valence-electron chi connectivity index (χ3n) is 3.85. The molecule has 1 aliphatic rings. The Balaban J connectivity index is 2.05. The molecule has 0 amide bonds. The first-order valence-electron chi connectivity index (χ1n) is 7.46. The Kier molecular flexibility index (Phi) is 5.38. The summed E-state index contributed by atoms with van der Waals surface area (Å²) in [7, 11) is 2.10. The molecule has 0 aromatic heterocycles. The highest BCUT2D eigenvalue weighted by molar-refractivity contribution is 5.56. The fourth-order valence-electron chi connectivity index (χ4n) is 2.63. The van der Waals surface area contributed by atoms with Crippen molar-refractivity contribution >= 4 is 11.4 Å². The summed E-state index contributed by atoms with van der Waals surface area (Å²) < 4.78 is 5.81. The van der Waals surface area contributed by atoms with Gasteiger partial charge in [-0.25, -0.2) is 0 Å². The van der Waals surface area contributed by atoms with E-state index < -0.39 is 0 Å². The number of ether oxygens (including phenoxy) is 1. The van der Waals surface area contributed by atoms with Crippen LogP contribution in [-0.2, 0) is 0 Å². The van der Waals surface area contributed by atoms with Crippen LogP contribution in [0.3, 0.4) is 0 Å². The normalized spacial score (nSPS) is 19.2. The molecule has 0 saturated carbocycles. The molecule has 6 heteroatoms. The van der Waals surface area contributed by atoms with Crippen molar-refractivity contribution in [3.63, 3.8) is 0 Å². The first-order chi connectivity index (χ1) is 10.1. The van der Waals surface area contributed by atoms with Crippen LogP contribution in [0.4, 0.5) is 11.4 Å². The molecule has 2 rings (SSSR count). The SMILES string of the molecule is CCNc1cc(OCC2CCCCN2C)cc([N+](=O)[O-])c1. The Morgan fingerprint density at radius 1 is 1.43 bits per heavy atom. The van der Waals surface area contributed by atoms with E-state index in [1.807, 2.05) is 13.0 Å². The number of hydrogen-bond donors (Lipinski definition) is 1. The fraction of sp³-hybridized carbons (Fsp3) is 0.600. The summed E-state index contributed by atoms with van der Waals surface area (Å²) in [5.74, 6) is 0.555. The quantitative estimate of drug-likeness (QED) is 0.645. The summed E-state index contributed by atoms with van der Waals surface area (Å²) >= 11 is 0. The van der Waals surface area contributed by atoms with Crippen molar-refractivity contribution < 1.29 is 9.66 Å². The van der Waals surface area contributed by atoms with Crippen LogP contribution in [0.2, 0.25) is 0 Å². The Labute approximate surface area is 125 Å². The van der Waals surface area contributed by atoms with Crippen LogP contribution in [0.15, 0.2) is 18.2 Å². The van der Waals surface area contributed by atoms with Crippen molar-refractivity contribution in [2.45, 2.75) is 32.2 Å². The zero-order valence-electron chi connectivity index (χ0n) is 12.7. The maximum Gasteiger partial charge on any atom is 0.275 e. The Morgan fingerprint density at radius 2 is 2.24 bits per heavy atom. The summed E-state index contributed by atoms with van der Waals surface area (Å²) in [5.41, 5.74) is 0.777. The minimum absolute atomic E-state index is 0.0560. The Bertz CT molecular complexity index is 493. The van der Waals surface area contributed by atoms with Gasteiger partial charge < -0.3 is 15.0 Å². The van der Waals surface area contributed by atoms with Gasteiger partial charge in [-0.1, -0.05) is 6.42 Å². The molecule has 0 bridgehead atoms. The van der Waals surface area contributed by atoms with Gasteiger partial charge in [0.15, 0.2) is 0 Å². The molecule has 0 radical (unpaired) electrons. The van der Waals surface area contributed by atoms with Crippen LogP contribution in [0.1, 0.15) is 26.2 Å². The molecule has 1 heterocycles. The van der Waals surface area contributed by atoms with Crippen LogP contribution >= 0.6 is 0 Å². The predicted octanol–water partition coefficient (Wildman–Crippen LogP) is 2.89. The molecule has 0 spiro atoms. The number of non-ortho nitro benzene ring substituents is 1. The highest BCUT2D eigenvalue weighted by Crippen LogP contribution is 2.27. The largest absolute Gasteiger partial charge is 0.492 e. The number of nitrogens with zero attached hydrogens (tertiary/aromatic N) is 2. The van der Waals surface area contributed by atoms with Gasteiger partial charge in [-0.05, 0) is 33.4 Å². The molecule has 21 heavy (non-hydrogen) atoms. The van der Waals surface area contributed by atoms with Crippen LogP contribution in [-0.4, -0.2) is 42.6 Å². The number of likely N-dealkylation sites (tertiary alicyclic amines) is 1. The van der Waals surface area contributed by atoms with Gasteiger partial charge in [0.1, 0.15) is 12.4 Å². The van der Waals surface area contributed by atoms with E-state index in [2.05, 4.69) is 17.3 Å². The van der Waals surface area contributed by atoms with Gasteiger partial charge >= 0.3 is 0 Å². The maximum atomic E-state index is 11.0. The van der Waals surface area contributed by atoms with E-state index in [0.717, 1.165) is 18.7 Å². The van der Waals surface area contributed by atoms with E-state index in [4.69, 9.17) is 4.74 Å². The number of hydrogen-bond acceptors (Lipinski definition) is 5. The number of likely N-dealkylation sites (N-methyl/N-ethyl adjacent to an activating group) is 1. The van der Waals surface area contributed by atoms with Crippen molar-refractivity contribution in [3.05, 3.63) is 28.3 Å². The van der Waals surface area contributed by atoms with E-state index >= 15 is 0 Å². The fourth-order valence-corrected chi connectivity index (χ4v) is 2.63. The first kappa shape index (κ1) is 15.6. The number of rotatable bonds is 6. The number of anilines is 1.